The zero-order valence-corrected chi connectivity index (χ0v) is 6.51. The van der Waals surface area contributed by atoms with E-state index >= 15 is 0 Å². The Morgan fingerprint density at radius 1 is 1.80 bits per heavy atom. The van der Waals surface area contributed by atoms with Gasteiger partial charge >= 0.3 is 0 Å². The van der Waals surface area contributed by atoms with Gasteiger partial charge in [0, 0.05) is 19.6 Å². The molecule has 0 radical (unpaired) electrons. The molecule has 1 heterocycles. The maximum Gasteiger partial charge on any atom is 0.0679 e. The van der Waals surface area contributed by atoms with Crippen LogP contribution in [0.3, 0.4) is 0 Å². The molecule has 0 bridgehead atoms. The summed E-state index contributed by atoms with van der Waals surface area (Å²) in [5.74, 6) is 0. The molecule has 2 heteroatoms. The molecule has 0 spiro atoms. The van der Waals surface area contributed by atoms with Gasteiger partial charge in [-0.2, -0.15) is 0 Å². The zero-order valence-electron chi connectivity index (χ0n) is 6.51. The van der Waals surface area contributed by atoms with Crippen molar-refractivity contribution in [1.82, 2.24) is 4.90 Å². The molecule has 1 atom stereocenters. The molecule has 0 aromatic carbocycles. The molecule has 1 unspecified atom stereocenters. The van der Waals surface area contributed by atoms with Crippen molar-refractivity contribution in [1.29, 1.82) is 0 Å². The standard InChI is InChI=1S/C8H15NO/c1-7(2)5-9-4-3-8(10)6-9/h8,10H,1,3-6H2,2H3. The molecule has 1 aliphatic rings. The van der Waals surface area contributed by atoms with Gasteiger partial charge in [0.25, 0.3) is 0 Å². The van der Waals surface area contributed by atoms with Crippen LogP contribution in [-0.2, 0) is 0 Å². The predicted octanol–water partition coefficient (Wildman–Crippen LogP) is 0.629. The Labute approximate surface area is 62.2 Å². The second-order valence-corrected chi connectivity index (χ2v) is 3.13. The first-order chi connectivity index (χ1) is 4.68. The van der Waals surface area contributed by atoms with Gasteiger partial charge in [-0.25, -0.2) is 0 Å². The predicted molar refractivity (Wildman–Crippen MR) is 41.9 cm³/mol. The minimum atomic E-state index is -0.0978. The number of aliphatic hydroxyl groups excluding tert-OH is 1. The Hall–Kier alpha value is -0.340. The van der Waals surface area contributed by atoms with Gasteiger partial charge in [-0.1, -0.05) is 12.2 Å². The van der Waals surface area contributed by atoms with E-state index in [0.717, 1.165) is 26.1 Å². The molecule has 0 aliphatic carbocycles. The Bertz CT molecular complexity index is 133. The number of hydrogen-bond acceptors (Lipinski definition) is 2. The summed E-state index contributed by atoms with van der Waals surface area (Å²) in [5, 5.41) is 9.14. The molecular weight excluding hydrogens is 126 g/mol. The van der Waals surface area contributed by atoms with E-state index in [1.165, 1.54) is 5.57 Å². The van der Waals surface area contributed by atoms with Crippen LogP contribution in [0.15, 0.2) is 12.2 Å². The minimum absolute atomic E-state index is 0.0978. The molecular formula is C8H15NO. The second-order valence-electron chi connectivity index (χ2n) is 3.13. The fourth-order valence-corrected chi connectivity index (χ4v) is 1.34. The monoisotopic (exact) mass is 141 g/mol. The van der Waals surface area contributed by atoms with Crippen LogP contribution in [0.4, 0.5) is 0 Å². The number of aliphatic hydroxyl groups is 1. The maximum absolute atomic E-state index is 9.14. The average Bonchev–Trinajstić information content (AvgIpc) is 2.13. The number of likely N-dealkylation sites (tertiary alicyclic amines) is 1. The lowest BCUT2D eigenvalue weighted by molar-refractivity contribution is 0.179. The number of β-amino-alcohol motifs (C(OH)–C–C–N with tert-alkyl or cyclic N) is 1. The summed E-state index contributed by atoms with van der Waals surface area (Å²) >= 11 is 0. The lowest BCUT2D eigenvalue weighted by atomic mass is 10.3. The SMILES string of the molecule is C=C(C)CN1CCC(O)C1. The fourth-order valence-electron chi connectivity index (χ4n) is 1.34. The fraction of sp³-hybridized carbons (Fsp3) is 0.750. The van der Waals surface area contributed by atoms with Crippen LogP contribution in [0.2, 0.25) is 0 Å². The molecule has 2 nitrogen and oxygen atoms in total. The first kappa shape index (κ1) is 7.76. The van der Waals surface area contributed by atoms with E-state index in [1.807, 2.05) is 6.92 Å². The smallest absolute Gasteiger partial charge is 0.0679 e. The van der Waals surface area contributed by atoms with Gasteiger partial charge in [-0.15, -0.1) is 0 Å². The highest BCUT2D eigenvalue weighted by Gasteiger charge is 2.18. The number of rotatable bonds is 2. The zero-order chi connectivity index (χ0) is 7.56. The van der Waals surface area contributed by atoms with E-state index in [0.29, 0.717) is 0 Å². The third kappa shape index (κ3) is 2.12. The van der Waals surface area contributed by atoms with Gasteiger partial charge in [0.15, 0.2) is 0 Å². The second kappa shape index (κ2) is 3.17. The van der Waals surface area contributed by atoms with Gasteiger partial charge in [-0.3, -0.25) is 4.90 Å². The highest BCUT2D eigenvalue weighted by Crippen LogP contribution is 2.09. The summed E-state index contributed by atoms with van der Waals surface area (Å²) in [6.07, 6.45) is 0.826. The van der Waals surface area contributed by atoms with Gasteiger partial charge in [0.05, 0.1) is 6.10 Å². The molecule has 0 aromatic heterocycles. The van der Waals surface area contributed by atoms with Crippen LogP contribution in [-0.4, -0.2) is 35.7 Å². The summed E-state index contributed by atoms with van der Waals surface area (Å²) in [4.78, 5) is 2.23. The van der Waals surface area contributed by atoms with Crippen molar-refractivity contribution >= 4 is 0 Å². The molecule has 0 saturated carbocycles. The van der Waals surface area contributed by atoms with Gasteiger partial charge in [0.2, 0.25) is 0 Å². The third-order valence-corrected chi connectivity index (χ3v) is 1.74. The van der Waals surface area contributed by atoms with Gasteiger partial charge in [0.1, 0.15) is 0 Å². The molecule has 1 saturated heterocycles. The van der Waals surface area contributed by atoms with Crippen LogP contribution in [0.5, 0.6) is 0 Å². The number of nitrogens with zero attached hydrogens (tertiary/aromatic N) is 1. The Morgan fingerprint density at radius 3 is 2.90 bits per heavy atom. The van der Waals surface area contributed by atoms with E-state index in [4.69, 9.17) is 5.11 Å². The molecule has 0 amide bonds. The minimum Gasteiger partial charge on any atom is -0.392 e. The van der Waals surface area contributed by atoms with Crippen molar-refractivity contribution in [2.75, 3.05) is 19.6 Å². The molecule has 0 aromatic rings. The largest absolute Gasteiger partial charge is 0.392 e. The highest BCUT2D eigenvalue weighted by molar-refractivity contribution is 4.93. The molecule has 1 rings (SSSR count). The van der Waals surface area contributed by atoms with Crippen molar-refractivity contribution < 1.29 is 5.11 Å². The molecule has 1 fully saturated rings. The van der Waals surface area contributed by atoms with Crippen molar-refractivity contribution in [3.8, 4) is 0 Å². The van der Waals surface area contributed by atoms with Crippen molar-refractivity contribution in [2.45, 2.75) is 19.4 Å². The Kier molecular flexibility index (Phi) is 2.46. The first-order valence-electron chi connectivity index (χ1n) is 3.73. The van der Waals surface area contributed by atoms with Gasteiger partial charge in [-0.05, 0) is 13.3 Å². The number of hydrogen-bond donors (Lipinski definition) is 1. The Morgan fingerprint density at radius 2 is 2.50 bits per heavy atom. The van der Waals surface area contributed by atoms with E-state index in [-0.39, 0.29) is 6.10 Å². The van der Waals surface area contributed by atoms with Crippen molar-refractivity contribution in [3.63, 3.8) is 0 Å². The molecule has 58 valence electrons. The quantitative estimate of drug-likeness (QED) is 0.570. The molecule has 1 N–H and O–H groups in total. The van der Waals surface area contributed by atoms with Crippen LogP contribution in [0, 0.1) is 0 Å². The van der Waals surface area contributed by atoms with Crippen molar-refractivity contribution in [2.24, 2.45) is 0 Å². The molecule has 1 aliphatic heterocycles. The summed E-state index contributed by atoms with van der Waals surface area (Å²) < 4.78 is 0. The molecule has 10 heavy (non-hydrogen) atoms. The average molecular weight is 141 g/mol. The topological polar surface area (TPSA) is 23.5 Å². The summed E-state index contributed by atoms with van der Waals surface area (Å²) in [7, 11) is 0. The van der Waals surface area contributed by atoms with Crippen LogP contribution in [0.1, 0.15) is 13.3 Å². The van der Waals surface area contributed by atoms with Crippen LogP contribution in [0.25, 0.3) is 0 Å². The van der Waals surface area contributed by atoms with E-state index in [9.17, 15) is 0 Å². The Balaban J connectivity index is 2.24. The normalized spacial score (nSPS) is 27.2. The summed E-state index contributed by atoms with van der Waals surface area (Å²) in [6, 6.07) is 0. The van der Waals surface area contributed by atoms with Gasteiger partial charge < -0.3 is 5.11 Å². The van der Waals surface area contributed by atoms with Crippen LogP contribution >= 0.6 is 0 Å². The summed E-state index contributed by atoms with van der Waals surface area (Å²) in [6.45, 7) is 8.63. The highest BCUT2D eigenvalue weighted by atomic mass is 16.3. The van der Waals surface area contributed by atoms with Crippen molar-refractivity contribution in [3.05, 3.63) is 12.2 Å². The van der Waals surface area contributed by atoms with E-state index < -0.39 is 0 Å². The lowest BCUT2D eigenvalue weighted by Gasteiger charge is -2.13. The van der Waals surface area contributed by atoms with E-state index in [2.05, 4.69) is 11.5 Å². The summed E-state index contributed by atoms with van der Waals surface area (Å²) in [5.41, 5.74) is 1.18. The lowest BCUT2D eigenvalue weighted by Crippen LogP contribution is -2.23. The maximum atomic E-state index is 9.14. The first-order valence-corrected chi connectivity index (χ1v) is 3.73. The van der Waals surface area contributed by atoms with E-state index in [1.54, 1.807) is 0 Å². The van der Waals surface area contributed by atoms with Crippen LogP contribution < -0.4 is 0 Å². The third-order valence-electron chi connectivity index (χ3n) is 1.74.